The van der Waals surface area contributed by atoms with Gasteiger partial charge in [0.1, 0.15) is 0 Å². The Morgan fingerprint density at radius 2 is 2.25 bits per heavy atom. The molecule has 1 atom stereocenters. The molecular weight excluding hydrogens is 152 g/mol. The molecule has 12 heavy (non-hydrogen) atoms. The molecule has 0 radical (unpaired) electrons. The first-order valence-electron chi connectivity index (χ1n) is 4.98. The third-order valence-electron chi connectivity index (χ3n) is 2.90. The third-order valence-corrected chi connectivity index (χ3v) is 2.90. The Kier molecular flexibility index (Phi) is 3.57. The predicted octanol–water partition coefficient (Wildman–Crippen LogP) is 2.68. The molecule has 1 N–H and O–H groups in total. The van der Waals surface area contributed by atoms with Gasteiger partial charge in [0.25, 0.3) is 0 Å². The SMILES string of the molecule is CCCC[C@@H](C(=O)O)C1CCC1. The van der Waals surface area contributed by atoms with Crippen LogP contribution in [-0.2, 0) is 4.79 Å². The van der Waals surface area contributed by atoms with E-state index >= 15 is 0 Å². The van der Waals surface area contributed by atoms with Crippen molar-refractivity contribution in [2.75, 3.05) is 0 Å². The summed E-state index contributed by atoms with van der Waals surface area (Å²) in [6, 6.07) is 0. The van der Waals surface area contributed by atoms with Gasteiger partial charge in [0.15, 0.2) is 0 Å². The van der Waals surface area contributed by atoms with Crippen LogP contribution >= 0.6 is 0 Å². The zero-order valence-corrected chi connectivity index (χ0v) is 7.75. The second-order valence-corrected chi connectivity index (χ2v) is 3.78. The van der Waals surface area contributed by atoms with Crippen molar-refractivity contribution in [2.45, 2.75) is 45.4 Å². The van der Waals surface area contributed by atoms with Crippen molar-refractivity contribution in [3.63, 3.8) is 0 Å². The average molecular weight is 170 g/mol. The third kappa shape index (κ3) is 2.23. The molecule has 0 saturated heterocycles. The first-order chi connectivity index (χ1) is 5.75. The molecule has 2 heteroatoms. The minimum absolute atomic E-state index is 0.0429. The van der Waals surface area contributed by atoms with Crippen LogP contribution in [0.4, 0.5) is 0 Å². The van der Waals surface area contributed by atoms with Crippen LogP contribution in [0.2, 0.25) is 0 Å². The van der Waals surface area contributed by atoms with Gasteiger partial charge in [-0.15, -0.1) is 0 Å². The van der Waals surface area contributed by atoms with Gasteiger partial charge in [0.2, 0.25) is 0 Å². The van der Waals surface area contributed by atoms with Crippen LogP contribution in [0.5, 0.6) is 0 Å². The highest BCUT2D eigenvalue weighted by Gasteiger charge is 2.31. The minimum atomic E-state index is -0.576. The fourth-order valence-corrected chi connectivity index (χ4v) is 1.83. The molecule has 0 heterocycles. The Labute approximate surface area is 74.0 Å². The number of carbonyl (C=O) groups is 1. The largest absolute Gasteiger partial charge is 0.481 e. The van der Waals surface area contributed by atoms with Gasteiger partial charge >= 0.3 is 5.97 Å². The van der Waals surface area contributed by atoms with E-state index in [1.165, 1.54) is 6.42 Å². The fourth-order valence-electron chi connectivity index (χ4n) is 1.83. The van der Waals surface area contributed by atoms with Crippen LogP contribution in [0.3, 0.4) is 0 Å². The Balaban J connectivity index is 2.32. The quantitative estimate of drug-likeness (QED) is 0.688. The number of carboxylic acid groups (broad SMARTS) is 1. The molecule has 2 nitrogen and oxygen atoms in total. The Bertz CT molecular complexity index is 150. The lowest BCUT2D eigenvalue weighted by Crippen LogP contribution is -2.28. The Hall–Kier alpha value is -0.530. The summed E-state index contributed by atoms with van der Waals surface area (Å²) < 4.78 is 0. The van der Waals surface area contributed by atoms with Crippen molar-refractivity contribution >= 4 is 5.97 Å². The molecular formula is C10H18O2. The summed E-state index contributed by atoms with van der Waals surface area (Å²) in [5, 5.41) is 8.94. The smallest absolute Gasteiger partial charge is 0.306 e. The summed E-state index contributed by atoms with van der Waals surface area (Å²) in [6.45, 7) is 2.11. The van der Waals surface area contributed by atoms with E-state index in [1.807, 2.05) is 0 Å². The van der Waals surface area contributed by atoms with Gasteiger partial charge in [-0.3, -0.25) is 4.79 Å². The molecule has 70 valence electrons. The number of hydrogen-bond acceptors (Lipinski definition) is 1. The van der Waals surface area contributed by atoms with Gasteiger partial charge in [0, 0.05) is 0 Å². The summed E-state index contributed by atoms with van der Waals surface area (Å²) in [6.07, 6.45) is 6.57. The molecule has 0 aliphatic heterocycles. The summed E-state index contributed by atoms with van der Waals surface area (Å²) in [4.78, 5) is 10.8. The van der Waals surface area contributed by atoms with Crippen molar-refractivity contribution in [1.29, 1.82) is 0 Å². The monoisotopic (exact) mass is 170 g/mol. The zero-order valence-electron chi connectivity index (χ0n) is 7.75. The van der Waals surface area contributed by atoms with E-state index in [9.17, 15) is 4.79 Å². The van der Waals surface area contributed by atoms with Gasteiger partial charge in [-0.2, -0.15) is 0 Å². The highest BCUT2D eigenvalue weighted by atomic mass is 16.4. The lowest BCUT2D eigenvalue weighted by Gasteiger charge is -2.31. The van der Waals surface area contributed by atoms with Crippen molar-refractivity contribution in [3.05, 3.63) is 0 Å². The van der Waals surface area contributed by atoms with Crippen LogP contribution < -0.4 is 0 Å². The summed E-state index contributed by atoms with van der Waals surface area (Å²) in [5.41, 5.74) is 0. The molecule has 0 aromatic heterocycles. The van der Waals surface area contributed by atoms with Gasteiger partial charge in [-0.05, 0) is 25.2 Å². The van der Waals surface area contributed by atoms with Crippen LogP contribution in [0.1, 0.15) is 45.4 Å². The molecule has 0 amide bonds. The molecule has 1 aliphatic carbocycles. The second-order valence-electron chi connectivity index (χ2n) is 3.78. The van der Waals surface area contributed by atoms with E-state index in [1.54, 1.807) is 0 Å². The second kappa shape index (κ2) is 4.48. The fraction of sp³-hybridized carbons (Fsp3) is 0.900. The summed E-state index contributed by atoms with van der Waals surface area (Å²) >= 11 is 0. The van der Waals surface area contributed by atoms with Gasteiger partial charge < -0.3 is 5.11 Å². The first kappa shape index (κ1) is 9.56. The van der Waals surface area contributed by atoms with E-state index in [2.05, 4.69) is 6.92 Å². The van der Waals surface area contributed by atoms with Crippen molar-refractivity contribution in [2.24, 2.45) is 11.8 Å². The normalized spacial score (nSPS) is 20.1. The first-order valence-corrected chi connectivity index (χ1v) is 4.98. The summed E-state index contributed by atoms with van der Waals surface area (Å²) in [5.74, 6) is -0.124. The lowest BCUT2D eigenvalue weighted by atomic mass is 9.74. The Morgan fingerprint density at radius 3 is 2.58 bits per heavy atom. The van der Waals surface area contributed by atoms with E-state index in [0.29, 0.717) is 5.92 Å². The minimum Gasteiger partial charge on any atom is -0.481 e. The topological polar surface area (TPSA) is 37.3 Å². The van der Waals surface area contributed by atoms with E-state index in [4.69, 9.17) is 5.11 Å². The maximum atomic E-state index is 10.8. The molecule has 0 aromatic rings. The number of carboxylic acids is 1. The highest BCUT2D eigenvalue weighted by molar-refractivity contribution is 5.70. The molecule has 1 saturated carbocycles. The maximum absolute atomic E-state index is 10.8. The van der Waals surface area contributed by atoms with Crippen LogP contribution in [0.25, 0.3) is 0 Å². The van der Waals surface area contributed by atoms with Crippen LogP contribution in [0.15, 0.2) is 0 Å². The van der Waals surface area contributed by atoms with Gasteiger partial charge in [-0.1, -0.05) is 26.2 Å². The standard InChI is InChI=1S/C10H18O2/c1-2-3-7-9(10(11)12)8-5-4-6-8/h8-9H,2-7H2,1H3,(H,11,12)/t9-/m1/s1. The van der Waals surface area contributed by atoms with Crippen molar-refractivity contribution in [1.82, 2.24) is 0 Å². The summed E-state index contributed by atoms with van der Waals surface area (Å²) in [7, 11) is 0. The lowest BCUT2D eigenvalue weighted by molar-refractivity contribution is -0.145. The number of hydrogen-bond donors (Lipinski definition) is 1. The number of aliphatic carboxylic acids is 1. The zero-order chi connectivity index (χ0) is 8.97. The molecule has 0 bridgehead atoms. The van der Waals surface area contributed by atoms with Gasteiger partial charge in [-0.25, -0.2) is 0 Å². The van der Waals surface area contributed by atoms with E-state index in [-0.39, 0.29) is 5.92 Å². The molecule has 0 aromatic carbocycles. The van der Waals surface area contributed by atoms with Crippen LogP contribution in [0, 0.1) is 11.8 Å². The average Bonchev–Trinajstić information content (AvgIpc) is 1.93. The van der Waals surface area contributed by atoms with Crippen molar-refractivity contribution in [3.8, 4) is 0 Å². The van der Waals surface area contributed by atoms with Gasteiger partial charge in [0.05, 0.1) is 5.92 Å². The number of unbranched alkanes of at least 4 members (excludes halogenated alkanes) is 1. The van der Waals surface area contributed by atoms with Crippen LogP contribution in [-0.4, -0.2) is 11.1 Å². The molecule has 1 fully saturated rings. The Morgan fingerprint density at radius 1 is 1.58 bits per heavy atom. The predicted molar refractivity (Wildman–Crippen MR) is 48.0 cm³/mol. The number of rotatable bonds is 5. The van der Waals surface area contributed by atoms with E-state index < -0.39 is 5.97 Å². The molecule has 1 rings (SSSR count). The molecule has 1 aliphatic rings. The van der Waals surface area contributed by atoms with E-state index in [0.717, 1.165) is 32.1 Å². The van der Waals surface area contributed by atoms with Crippen molar-refractivity contribution < 1.29 is 9.90 Å². The maximum Gasteiger partial charge on any atom is 0.306 e. The molecule has 0 spiro atoms. The molecule has 0 unspecified atom stereocenters. The highest BCUT2D eigenvalue weighted by Crippen LogP contribution is 2.36.